The number of rotatable bonds is 7. The summed E-state index contributed by atoms with van der Waals surface area (Å²) in [5.74, 6) is -0.649. The Morgan fingerprint density at radius 3 is 2.44 bits per heavy atom. The van der Waals surface area contributed by atoms with E-state index in [-0.39, 0.29) is 11.8 Å². The van der Waals surface area contributed by atoms with Gasteiger partial charge in [-0.2, -0.15) is 0 Å². The van der Waals surface area contributed by atoms with E-state index in [1.54, 1.807) is 24.3 Å². The van der Waals surface area contributed by atoms with Gasteiger partial charge in [-0.25, -0.2) is 0 Å². The predicted molar refractivity (Wildman–Crippen MR) is 70.7 cm³/mol. The lowest BCUT2D eigenvalue weighted by Gasteiger charge is -2.19. The first kappa shape index (κ1) is 14.5. The summed E-state index contributed by atoms with van der Waals surface area (Å²) in [6.45, 7) is 4.07. The molecular weight excluding hydrogens is 230 g/mol. The summed E-state index contributed by atoms with van der Waals surface area (Å²) in [5, 5.41) is 21.5. The van der Waals surface area contributed by atoms with Crippen molar-refractivity contribution in [2.24, 2.45) is 0 Å². The van der Waals surface area contributed by atoms with Crippen molar-refractivity contribution in [1.29, 1.82) is 0 Å². The molecule has 4 nitrogen and oxygen atoms in total. The summed E-state index contributed by atoms with van der Waals surface area (Å²) in [6, 6.07) is 6.24. The number of phenolic OH excluding ortho intramolecular Hbond substituents is 1. The molecular formula is C14H21NO3. The molecule has 1 rings (SSSR count). The zero-order chi connectivity index (χ0) is 13.5. The van der Waals surface area contributed by atoms with Gasteiger partial charge in [0.15, 0.2) is 0 Å². The highest BCUT2D eigenvalue weighted by Crippen LogP contribution is 2.12. The Morgan fingerprint density at radius 2 is 1.94 bits per heavy atom. The van der Waals surface area contributed by atoms with Crippen molar-refractivity contribution in [3.63, 3.8) is 0 Å². The number of aliphatic carboxylic acids is 1. The SMILES string of the molecule is CCCC(C)NC(Cc1ccc(O)cc1)C(=O)O. The van der Waals surface area contributed by atoms with Gasteiger partial charge in [0.25, 0.3) is 0 Å². The Labute approximate surface area is 108 Å². The number of carbonyl (C=O) groups is 1. The van der Waals surface area contributed by atoms with E-state index < -0.39 is 12.0 Å². The van der Waals surface area contributed by atoms with Crippen LogP contribution in [0.2, 0.25) is 0 Å². The molecule has 0 saturated heterocycles. The molecule has 0 radical (unpaired) electrons. The first-order valence-corrected chi connectivity index (χ1v) is 6.29. The molecule has 0 aliphatic heterocycles. The Balaban J connectivity index is 2.62. The lowest BCUT2D eigenvalue weighted by atomic mass is 10.0. The molecule has 1 aromatic carbocycles. The number of aromatic hydroxyl groups is 1. The fraction of sp³-hybridized carbons (Fsp3) is 0.500. The summed E-state index contributed by atoms with van der Waals surface area (Å²) in [5.41, 5.74) is 0.899. The zero-order valence-corrected chi connectivity index (χ0v) is 10.9. The average molecular weight is 251 g/mol. The number of benzene rings is 1. The molecule has 0 aromatic heterocycles. The standard InChI is InChI=1S/C14H21NO3/c1-3-4-10(2)15-13(14(17)18)9-11-5-7-12(16)8-6-11/h5-8,10,13,15-16H,3-4,9H2,1-2H3,(H,17,18). The molecule has 3 N–H and O–H groups in total. The van der Waals surface area contributed by atoms with Crippen LogP contribution >= 0.6 is 0 Å². The quantitative estimate of drug-likeness (QED) is 0.694. The molecule has 0 aliphatic carbocycles. The molecule has 0 fully saturated rings. The fourth-order valence-corrected chi connectivity index (χ4v) is 1.95. The summed E-state index contributed by atoms with van der Waals surface area (Å²) in [6.07, 6.45) is 2.41. The first-order valence-electron chi connectivity index (χ1n) is 6.29. The molecule has 0 aliphatic rings. The van der Waals surface area contributed by atoms with Gasteiger partial charge >= 0.3 is 5.97 Å². The second-order valence-electron chi connectivity index (χ2n) is 4.62. The van der Waals surface area contributed by atoms with Gasteiger partial charge in [0.2, 0.25) is 0 Å². The maximum Gasteiger partial charge on any atom is 0.321 e. The summed E-state index contributed by atoms with van der Waals surface area (Å²) < 4.78 is 0. The van der Waals surface area contributed by atoms with Gasteiger partial charge in [-0.15, -0.1) is 0 Å². The second kappa shape index (κ2) is 7.01. The summed E-state index contributed by atoms with van der Waals surface area (Å²) in [7, 11) is 0. The highest BCUT2D eigenvalue weighted by atomic mass is 16.4. The number of nitrogens with one attached hydrogen (secondary N) is 1. The van der Waals surface area contributed by atoms with Crippen molar-refractivity contribution in [2.75, 3.05) is 0 Å². The molecule has 0 spiro atoms. The lowest BCUT2D eigenvalue weighted by molar-refractivity contribution is -0.139. The third-order valence-electron chi connectivity index (χ3n) is 2.88. The van der Waals surface area contributed by atoms with Gasteiger partial charge in [0.05, 0.1) is 0 Å². The molecule has 0 amide bonds. The Hall–Kier alpha value is -1.55. The van der Waals surface area contributed by atoms with Gasteiger partial charge in [-0.1, -0.05) is 25.5 Å². The highest BCUT2D eigenvalue weighted by molar-refractivity contribution is 5.74. The van der Waals surface area contributed by atoms with E-state index in [4.69, 9.17) is 0 Å². The number of hydrogen-bond acceptors (Lipinski definition) is 3. The van der Waals surface area contributed by atoms with E-state index >= 15 is 0 Å². The minimum Gasteiger partial charge on any atom is -0.508 e. The Bertz CT molecular complexity index is 375. The van der Waals surface area contributed by atoms with Gasteiger partial charge in [0.1, 0.15) is 11.8 Å². The van der Waals surface area contributed by atoms with Gasteiger partial charge in [-0.05, 0) is 37.5 Å². The van der Waals surface area contributed by atoms with E-state index in [1.807, 2.05) is 6.92 Å². The summed E-state index contributed by atoms with van der Waals surface area (Å²) >= 11 is 0. The molecule has 0 saturated carbocycles. The van der Waals surface area contributed by atoms with Crippen LogP contribution in [-0.4, -0.2) is 28.3 Å². The Morgan fingerprint density at radius 1 is 1.33 bits per heavy atom. The highest BCUT2D eigenvalue weighted by Gasteiger charge is 2.19. The molecule has 1 aromatic rings. The monoisotopic (exact) mass is 251 g/mol. The number of hydrogen-bond donors (Lipinski definition) is 3. The van der Waals surface area contributed by atoms with Crippen molar-refractivity contribution in [3.8, 4) is 5.75 Å². The van der Waals surface area contributed by atoms with Crippen molar-refractivity contribution in [1.82, 2.24) is 5.32 Å². The van der Waals surface area contributed by atoms with E-state index in [0.717, 1.165) is 18.4 Å². The van der Waals surface area contributed by atoms with Crippen LogP contribution in [0.3, 0.4) is 0 Å². The van der Waals surface area contributed by atoms with Crippen LogP contribution in [0.4, 0.5) is 0 Å². The number of carboxylic acids is 1. The fourth-order valence-electron chi connectivity index (χ4n) is 1.95. The van der Waals surface area contributed by atoms with Crippen LogP contribution < -0.4 is 5.32 Å². The maximum atomic E-state index is 11.2. The van der Waals surface area contributed by atoms with E-state index in [0.29, 0.717) is 6.42 Å². The smallest absolute Gasteiger partial charge is 0.321 e. The van der Waals surface area contributed by atoms with Crippen LogP contribution in [0.1, 0.15) is 32.3 Å². The van der Waals surface area contributed by atoms with Gasteiger partial charge < -0.3 is 15.5 Å². The van der Waals surface area contributed by atoms with Crippen LogP contribution in [0.15, 0.2) is 24.3 Å². The van der Waals surface area contributed by atoms with Crippen LogP contribution in [0, 0.1) is 0 Å². The topological polar surface area (TPSA) is 69.6 Å². The molecule has 2 atom stereocenters. The third-order valence-corrected chi connectivity index (χ3v) is 2.88. The predicted octanol–water partition coefficient (Wildman–Crippen LogP) is 2.17. The normalized spacial score (nSPS) is 14.1. The van der Waals surface area contributed by atoms with Crippen molar-refractivity contribution in [2.45, 2.75) is 45.2 Å². The van der Waals surface area contributed by atoms with Crippen molar-refractivity contribution < 1.29 is 15.0 Å². The minimum absolute atomic E-state index is 0.188. The second-order valence-corrected chi connectivity index (χ2v) is 4.62. The van der Waals surface area contributed by atoms with E-state index in [9.17, 15) is 15.0 Å². The Kier molecular flexibility index (Phi) is 5.65. The molecule has 4 heteroatoms. The number of carboxylic acid groups (broad SMARTS) is 1. The maximum absolute atomic E-state index is 11.2. The van der Waals surface area contributed by atoms with Crippen LogP contribution in [-0.2, 0) is 11.2 Å². The molecule has 0 heterocycles. The molecule has 0 bridgehead atoms. The van der Waals surface area contributed by atoms with E-state index in [1.165, 1.54) is 0 Å². The first-order chi connectivity index (χ1) is 8.52. The van der Waals surface area contributed by atoms with Crippen LogP contribution in [0.5, 0.6) is 5.75 Å². The van der Waals surface area contributed by atoms with Gasteiger partial charge in [-0.3, -0.25) is 4.79 Å². The molecule has 100 valence electrons. The van der Waals surface area contributed by atoms with E-state index in [2.05, 4.69) is 12.2 Å². The van der Waals surface area contributed by atoms with Gasteiger partial charge in [0, 0.05) is 6.04 Å². The third kappa shape index (κ3) is 4.75. The average Bonchev–Trinajstić information content (AvgIpc) is 2.31. The summed E-state index contributed by atoms with van der Waals surface area (Å²) in [4.78, 5) is 11.2. The van der Waals surface area contributed by atoms with Crippen molar-refractivity contribution >= 4 is 5.97 Å². The lowest BCUT2D eigenvalue weighted by Crippen LogP contribution is -2.43. The largest absolute Gasteiger partial charge is 0.508 e. The zero-order valence-electron chi connectivity index (χ0n) is 10.9. The van der Waals surface area contributed by atoms with Crippen LogP contribution in [0.25, 0.3) is 0 Å². The minimum atomic E-state index is -0.842. The van der Waals surface area contributed by atoms with Crippen molar-refractivity contribution in [3.05, 3.63) is 29.8 Å². The molecule has 18 heavy (non-hydrogen) atoms. The number of phenols is 1. The molecule has 2 unspecified atom stereocenters.